The van der Waals surface area contributed by atoms with E-state index in [1.54, 1.807) is 12.3 Å². The van der Waals surface area contributed by atoms with Crippen LogP contribution in [0.15, 0.2) is 23.5 Å². The quantitative estimate of drug-likeness (QED) is 0.807. The van der Waals surface area contributed by atoms with Crippen LogP contribution in [0.1, 0.15) is 19.0 Å². The van der Waals surface area contributed by atoms with E-state index in [9.17, 15) is 8.42 Å². The molecule has 2 aromatic rings. The third-order valence-electron chi connectivity index (χ3n) is 2.54. The zero-order valence-electron chi connectivity index (χ0n) is 10.5. The molecule has 6 nitrogen and oxygen atoms in total. The molecule has 2 aromatic heterocycles. The molecule has 0 saturated heterocycles. The van der Waals surface area contributed by atoms with Gasteiger partial charge in [0.25, 0.3) is 14.2 Å². The van der Waals surface area contributed by atoms with Crippen molar-refractivity contribution in [2.24, 2.45) is 0 Å². The fourth-order valence-electron chi connectivity index (χ4n) is 1.79. The Labute approximate surface area is 115 Å². The lowest BCUT2D eigenvalue weighted by molar-refractivity contribution is 0.570. The summed E-state index contributed by atoms with van der Waals surface area (Å²) in [6, 6.07) is 3.58. The number of aryl methyl sites for hydroxylation is 1. The van der Waals surface area contributed by atoms with E-state index in [4.69, 9.17) is 10.7 Å². The molecule has 0 amide bonds. The van der Waals surface area contributed by atoms with Crippen molar-refractivity contribution >= 4 is 19.7 Å². The van der Waals surface area contributed by atoms with Gasteiger partial charge in [-0.05, 0) is 25.5 Å². The highest BCUT2D eigenvalue weighted by atomic mass is 35.7. The van der Waals surface area contributed by atoms with Crippen LogP contribution in [0, 0.1) is 6.92 Å². The summed E-state index contributed by atoms with van der Waals surface area (Å²) in [5.41, 5.74) is 1.58. The van der Waals surface area contributed by atoms with E-state index in [0.717, 1.165) is 17.7 Å². The maximum Gasteiger partial charge on any atom is 0.296 e. The minimum Gasteiger partial charge on any atom is -0.297 e. The molecular formula is C11H13ClN4O2S. The molecule has 0 radical (unpaired) electrons. The lowest BCUT2D eigenvalue weighted by Crippen LogP contribution is -2.07. The van der Waals surface area contributed by atoms with E-state index in [1.807, 2.05) is 19.9 Å². The zero-order chi connectivity index (χ0) is 14.0. The molecule has 0 unspecified atom stereocenters. The van der Waals surface area contributed by atoms with E-state index >= 15 is 0 Å². The zero-order valence-corrected chi connectivity index (χ0v) is 12.1. The van der Waals surface area contributed by atoms with Crippen molar-refractivity contribution in [2.75, 3.05) is 0 Å². The second kappa shape index (κ2) is 5.26. The normalized spacial score (nSPS) is 11.7. The van der Waals surface area contributed by atoms with Crippen LogP contribution in [-0.2, 0) is 15.6 Å². The van der Waals surface area contributed by atoms with Crippen LogP contribution in [0.2, 0.25) is 0 Å². The van der Waals surface area contributed by atoms with Crippen LogP contribution in [0.5, 0.6) is 0 Å². The first-order valence-corrected chi connectivity index (χ1v) is 8.05. The number of halogens is 1. The van der Waals surface area contributed by atoms with Gasteiger partial charge in [0.2, 0.25) is 0 Å². The molecule has 0 bridgehead atoms. The third-order valence-corrected chi connectivity index (χ3v) is 3.69. The minimum atomic E-state index is -3.91. The Balaban J connectivity index is 2.62. The Kier molecular flexibility index (Phi) is 3.86. The van der Waals surface area contributed by atoms with Crippen LogP contribution >= 0.6 is 10.7 Å². The Morgan fingerprint density at radius 3 is 2.68 bits per heavy atom. The fraction of sp³-hybridized carbons (Fsp3) is 0.364. The maximum atomic E-state index is 11.5. The summed E-state index contributed by atoms with van der Waals surface area (Å²) in [5, 5.41) is 7.40. The van der Waals surface area contributed by atoms with E-state index in [2.05, 4.69) is 15.2 Å². The topological polar surface area (TPSA) is 77.7 Å². The highest BCUT2D eigenvalue weighted by Gasteiger charge is 2.22. The molecule has 0 aliphatic rings. The van der Waals surface area contributed by atoms with E-state index < -0.39 is 9.05 Å². The number of hydrogen-bond acceptors (Lipinski definition) is 5. The molecule has 19 heavy (non-hydrogen) atoms. The molecule has 102 valence electrons. The highest BCUT2D eigenvalue weighted by Crippen LogP contribution is 2.22. The second-order valence-electron chi connectivity index (χ2n) is 4.08. The Hall–Kier alpha value is -1.47. The number of rotatable bonds is 4. The summed E-state index contributed by atoms with van der Waals surface area (Å²) in [6.07, 6.45) is 2.39. The molecular weight excluding hydrogens is 288 g/mol. The summed E-state index contributed by atoms with van der Waals surface area (Å²) in [5.74, 6) is 0.478. The molecule has 2 heterocycles. The van der Waals surface area contributed by atoms with Crippen LogP contribution < -0.4 is 0 Å². The summed E-state index contributed by atoms with van der Waals surface area (Å²) in [4.78, 5) is 4.09. The average Bonchev–Trinajstić information content (AvgIpc) is 2.73. The number of hydrogen-bond donors (Lipinski definition) is 0. The smallest absolute Gasteiger partial charge is 0.296 e. The van der Waals surface area contributed by atoms with Crippen LogP contribution in [0.3, 0.4) is 0 Å². The molecule has 0 spiro atoms. The van der Waals surface area contributed by atoms with Crippen LogP contribution in [0.4, 0.5) is 0 Å². The molecule has 0 aliphatic carbocycles. The maximum absolute atomic E-state index is 11.5. The van der Waals surface area contributed by atoms with Gasteiger partial charge < -0.3 is 0 Å². The molecule has 0 atom stereocenters. The summed E-state index contributed by atoms with van der Waals surface area (Å²) >= 11 is 0. The first-order valence-electron chi connectivity index (χ1n) is 5.74. The van der Waals surface area contributed by atoms with E-state index in [0.29, 0.717) is 12.4 Å². The van der Waals surface area contributed by atoms with Gasteiger partial charge in [-0.1, -0.05) is 6.92 Å². The number of aromatic nitrogens is 4. The van der Waals surface area contributed by atoms with E-state index in [-0.39, 0.29) is 5.16 Å². The van der Waals surface area contributed by atoms with Crippen molar-refractivity contribution in [1.82, 2.24) is 19.7 Å². The summed E-state index contributed by atoms with van der Waals surface area (Å²) < 4.78 is 24.5. The van der Waals surface area contributed by atoms with Gasteiger partial charge in [-0.25, -0.2) is 8.42 Å². The van der Waals surface area contributed by atoms with Gasteiger partial charge >= 0.3 is 0 Å². The Bertz CT molecular complexity index is 696. The first kappa shape index (κ1) is 14.0. The Morgan fingerprint density at radius 1 is 1.37 bits per heavy atom. The van der Waals surface area contributed by atoms with Gasteiger partial charge in [-0.15, -0.1) is 10.2 Å². The van der Waals surface area contributed by atoms with Crippen LogP contribution in [-0.4, -0.2) is 28.2 Å². The molecule has 8 heteroatoms. The Morgan fingerprint density at radius 2 is 2.11 bits per heavy atom. The van der Waals surface area contributed by atoms with Crippen molar-refractivity contribution in [2.45, 2.75) is 32.0 Å². The SMILES string of the molecule is CCCn1c(-c2ccnc(C)c2)nnc1S(=O)(=O)Cl. The monoisotopic (exact) mass is 300 g/mol. The van der Waals surface area contributed by atoms with Crippen molar-refractivity contribution in [1.29, 1.82) is 0 Å². The molecule has 0 fully saturated rings. The molecule has 0 aromatic carbocycles. The predicted molar refractivity (Wildman–Crippen MR) is 71.3 cm³/mol. The van der Waals surface area contributed by atoms with Gasteiger partial charge in [0.05, 0.1) is 0 Å². The second-order valence-corrected chi connectivity index (χ2v) is 6.54. The standard InChI is InChI=1S/C11H13ClN4O2S/c1-3-6-16-10(9-4-5-13-8(2)7-9)14-15-11(16)19(12,17)18/h4-5,7H,3,6H2,1-2H3. The van der Waals surface area contributed by atoms with Crippen molar-refractivity contribution in [3.63, 3.8) is 0 Å². The highest BCUT2D eigenvalue weighted by molar-refractivity contribution is 8.13. The van der Waals surface area contributed by atoms with Crippen molar-refractivity contribution in [3.05, 3.63) is 24.0 Å². The molecule has 0 N–H and O–H groups in total. The van der Waals surface area contributed by atoms with Gasteiger partial charge in [0, 0.05) is 34.7 Å². The average molecular weight is 301 g/mol. The molecule has 0 aliphatic heterocycles. The van der Waals surface area contributed by atoms with E-state index in [1.165, 1.54) is 4.57 Å². The van der Waals surface area contributed by atoms with Crippen molar-refractivity contribution < 1.29 is 8.42 Å². The van der Waals surface area contributed by atoms with Gasteiger partial charge in [0.1, 0.15) is 0 Å². The van der Waals surface area contributed by atoms with Crippen molar-refractivity contribution in [3.8, 4) is 11.4 Å². The lowest BCUT2D eigenvalue weighted by Gasteiger charge is -2.07. The minimum absolute atomic E-state index is 0.222. The number of nitrogens with zero attached hydrogens (tertiary/aromatic N) is 4. The largest absolute Gasteiger partial charge is 0.297 e. The molecule has 2 rings (SSSR count). The summed E-state index contributed by atoms with van der Waals surface area (Å²) in [7, 11) is 1.46. The van der Waals surface area contributed by atoms with Gasteiger partial charge in [-0.3, -0.25) is 9.55 Å². The lowest BCUT2D eigenvalue weighted by atomic mass is 10.2. The molecule has 0 saturated carbocycles. The van der Waals surface area contributed by atoms with Crippen LogP contribution in [0.25, 0.3) is 11.4 Å². The van der Waals surface area contributed by atoms with Gasteiger partial charge in [-0.2, -0.15) is 0 Å². The first-order chi connectivity index (χ1) is 8.93. The fourth-order valence-corrected chi connectivity index (χ4v) is 2.71. The third kappa shape index (κ3) is 2.93. The van der Waals surface area contributed by atoms with Gasteiger partial charge in [0.15, 0.2) is 5.82 Å². The summed E-state index contributed by atoms with van der Waals surface area (Å²) in [6.45, 7) is 4.26. The predicted octanol–water partition coefficient (Wildman–Crippen LogP) is 1.99. The number of pyridine rings is 1.